The van der Waals surface area contributed by atoms with Gasteiger partial charge in [-0.1, -0.05) is 12.1 Å². The largest absolute Gasteiger partial charge is 0.440 e. The van der Waals surface area contributed by atoms with E-state index in [1.165, 1.54) is 0 Å². The maximum atomic E-state index is 11.9. The van der Waals surface area contributed by atoms with E-state index in [-0.39, 0.29) is 6.09 Å². The zero-order valence-corrected chi connectivity index (χ0v) is 10.5. The van der Waals surface area contributed by atoms with Gasteiger partial charge in [-0.25, -0.2) is 4.79 Å². The number of hydrogen-bond acceptors (Lipinski definition) is 3. The van der Waals surface area contributed by atoms with Gasteiger partial charge in [0.05, 0.1) is 12.2 Å². The van der Waals surface area contributed by atoms with Crippen LogP contribution in [0.4, 0.5) is 10.5 Å². The van der Waals surface area contributed by atoms with Gasteiger partial charge in [-0.3, -0.25) is 4.90 Å². The molecule has 1 heterocycles. The van der Waals surface area contributed by atoms with Gasteiger partial charge >= 0.3 is 6.09 Å². The first kappa shape index (κ1) is 11.9. The van der Waals surface area contributed by atoms with E-state index in [2.05, 4.69) is 0 Å². The monoisotopic (exact) mass is 234 g/mol. The summed E-state index contributed by atoms with van der Waals surface area (Å²) in [5.74, 6) is 0. The fourth-order valence-electron chi connectivity index (χ4n) is 2.00. The zero-order chi connectivity index (χ0) is 12.6. The fourth-order valence-corrected chi connectivity index (χ4v) is 2.00. The van der Waals surface area contributed by atoms with Gasteiger partial charge in [0.25, 0.3) is 0 Å². The fraction of sp³-hybridized carbons (Fsp3) is 0.462. The first-order chi connectivity index (χ1) is 7.95. The van der Waals surface area contributed by atoms with Gasteiger partial charge in [-0.15, -0.1) is 0 Å². The quantitative estimate of drug-likeness (QED) is 0.851. The van der Waals surface area contributed by atoms with Gasteiger partial charge in [0.2, 0.25) is 0 Å². The number of cyclic esters (lactones) is 1. The van der Waals surface area contributed by atoms with Crippen LogP contribution in [0, 0.1) is 13.8 Å². The van der Waals surface area contributed by atoms with E-state index in [1.807, 2.05) is 39.0 Å². The molecular formula is C13H18N2O2. The van der Waals surface area contributed by atoms with E-state index in [9.17, 15) is 4.79 Å². The number of aryl methyl sites for hydroxylation is 2. The lowest BCUT2D eigenvalue weighted by atomic mass is 10.1. The third-order valence-electron chi connectivity index (χ3n) is 3.13. The van der Waals surface area contributed by atoms with Crippen molar-refractivity contribution in [2.45, 2.75) is 26.4 Å². The number of carbonyl (C=O) groups excluding carboxylic acids is 1. The predicted molar refractivity (Wildman–Crippen MR) is 67.2 cm³/mol. The Morgan fingerprint density at radius 2 is 2.18 bits per heavy atom. The molecule has 1 aliphatic rings. The Bertz CT molecular complexity index is 459. The molecule has 1 unspecified atom stereocenters. The van der Waals surface area contributed by atoms with Crippen LogP contribution in [0.2, 0.25) is 0 Å². The molecular weight excluding hydrogens is 216 g/mol. The van der Waals surface area contributed by atoms with Crippen molar-refractivity contribution in [1.82, 2.24) is 0 Å². The third kappa shape index (κ3) is 2.13. The highest BCUT2D eigenvalue weighted by molar-refractivity contribution is 5.91. The Labute approximate surface area is 101 Å². The first-order valence-electron chi connectivity index (χ1n) is 5.73. The Hall–Kier alpha value is -1.55. The number of nitrogens with zero attached hydrogens (tertiary/aromatic N) is 1. The van der Waals surface area contributed by atoms with E-state index >= 15 is 0 Å². The average molecular weight is 234 g/mol. The van der Waals surface area contributed by atoms with Crippen molar-refractivity contribution in [1.29, 1.82) is 0 Å². The van der Waals surface area contributed by atoms with Crippen molar-refractivity contribution in [3.63, 3.8) is 0 Å². The summed E-state index contributed by atoms with van der Waals surface area (Å²) < 4.78 is 5.32. The van der Waals surface area contributed by atoms with Crippen molar-refractivity contribution in [2.24, 2.45) is 5.73 Å². The van der Waals surface area contributed by atoms with Gasteiger partial charge in [-0.2, -0.15) is 0 Å². The molecule has 1 aromatic carbocycles. The number of amides is 1. The van der Waals surface area contributed by atoms with Crippen molar-refractivity contribution in [2.75, 3.05) is 18.0 Å². The molecule has 2 N–H and O–H groups in total. The molecule has 1 atom stereocenters. The Morgan fingerprint density at radius 1 is 1.47 bits per heavy atom. The van der Waals surface area contributed by atoms with Crippen LogP contribution in [-0.2, 0) is 4.74 Å². The van der Waals surface area contributed by atoms with Crippen molar-refractivity contribution < 1.29 is 9.53 Å². The molecule has 1 aliphatic heterocycles. The van der Waals surface area contributed by atoms with Crippen LogP contribution in [0.15, 0.2) is 18.2 Å². The van der Waals surface area contributed by atoms with E-state index in [0.717, 1.165) is 16.8 Å². The van der Waals surface area contributed by atoms with Crippen LogP contribution in [0.25, 0.3) is 0 Å². The minimum absolute atomic E-state index is 0.313. The van der Waals surface area contributed by atoms with Crippen LogP contribution < -0.4 is 10.6 Å². The lowest BCUT2D eigenvalue weighted by Gasteiger charge is -2.20. The lowest BCUT2D eigenvalue weighted by molar-refractivity contribution is 0.0789. The molecule has 1 amide bonds. The van der Waals surface area contributed by atoms with Crippen LogP contribution >= 0.6 is 0 Å². The van der Waals surface area contributed by atoms with Crippen LogP contribution in [0.3, 0.4) is 0 Å². The molecule has 1 fully saturated rings. The minimum Gasteiger partial charge on any atom is -0.440 e. The summed E-state index contributed by atoms with van der Waals surface area (Å²) in [7, 11) is 0. The third-order valence-corrected chi connectivity index (χ3v) is 3.13. The van der Waals surface area contributed by atoms with Crippen molar-refractivity contribution >= 4 is 11.8 Å². The Balaban J connectivity index is 2.35. The van der Waals surface area contributed by atoms with Gasteiger partial charge in [0.15, 0.2) is 0 Å². The maximum Gasteiger partial charge on any atom is 0.415 e. The number of hydrogen-bond donors (Lipinski definition) is 1. The molecule has 4 nitrogen and oxygen atoms in total. The second kappa shape index (κ2) is 4.04. The summed E-state index contributed by atoms with van der Waals surface area (Å²) in [6.07, 6.45) is -0.313. The standard InChI is InChI=1S/C13H18N2O2/c1-9-4-5-10(2)11(6-9)15-8-13(3,7-14)17-12(15)16/h4-6H,7-8,14H2,1-3H3. The summed E-state index contributed by atoms with van der Waals surface area (Å²) >= 11 is 0. The topological polar surface area (TPSA) is 55.6 Å². The predicted octanol–water partition coefficient (Wildman–Crippen LogP) is 1.98. The normalized spacial score (nSPS) is 24.0. The second-order valence-electron chi connectivity index (χ2n) is 4.90. The first-order valence-corrected chi connectivity index (χ1v) is 5.73. The van der Waals surface area contributed by atoms with E-state index in [0.29, 0.717) is 13.1 Å². The van der Waals surface area contributed by atoms with Gasteiger partial charge in [0.1, 0.15) is 5.60 Å². The molecule has 0 aromatic heterocycles. The number of ether oxygens (including phenoxy) is 1. The summed E-state index contributed by atoms with van der Waals surface area (Å²) in [4.78, 5) is 13.5. The van der Waals surface area contributed by atoms with Gasteiger partial charge in [0, 0.05) is 6.54 Å². The van der Waals surface area contributed by atoms with E-state index in [1.54, 1.807) is 4.90 Å². The van der Waals surface area contributed by atoms with Crippen LogP contribution in [-0.4, -0.2) is 24.8 Å². The van der Waals surface area contributed by atoms with Crippen LogP contribution in [0.5, 0.6) is 0 Å². The van der Waals surface area contributed by atoms with Gasteiger partial charge < -0.3 is 10.5 Å². The highest BCUT2D eigenvalue weighted by Crippen LogP contribution is 2.30. The minimum atomic E-state index is -0.576. The number of rotatable bonds is 2. The molecule has 0 spiro atoms. The highest BCUT2D eigenvalue weighted by atomic mass is 16.6. The molecule has 0 radical (unpaired) electrons. The maximum absolute atomic E-state index is 11.9. The molecule has 0 aliphatic carbocycles. The van der Waals surface area contributed by atoms with Gasteiger partial charge in [-0.05, 0) is 38.0 Å². The molecule has 0 bridgehead atoms. The SMILES string of the molecule is Cc1ccc(C)c(N2CC(C)(CN)OC2=O)c1. The van der Waals surface area contributed by atoms with Crippen LogP contribution in [0.1, 0.15) is 18.1 Å². The molecule has 1 aromatic rings. The summed E-state index contributed by atoms with van der Waals surface area (Å²) in [5, 5.41) is 0. The number of benzene rings is 1. The summed E-state index contributed by atoms with van der Waals surface area (Å²) in [6.45, 7) is 6.69. The molecule has 17 heavy (non-hydrogen) atoms. The van der Waals surface area contributed by atoms with E-state index in [4.69, 9.17) is 10.5 Å². The molecule has 2 rings (SSSR count). The number of anilines is 1. The zero-order valence-electron chi connectivity index (χ0n) is 10.5. The Morgan fingerprint density at radius 3 is 2.76 bits per heavy atom. The smallest absolute Gasteiger partial charge is 0.415 e. The average Bonchev–Trinajstić information content (AvgIpc) is 2.59. The summed E-state index contributed by atoms with van der Waals surface area (Å²) in [6, 6.07) is 6.04. The van der Waals surface area contributed by atoms with Crippen molar-refractivity contribution in [3.05, 3.63) is 29.3 Å². The number of nitrogens with two attached hydrogens (primary N) is 1. The Kier molecular flexibility index (Phi) is 2.83. The van der Waals surface area contributed by atoms with Crippen molar-refractivity contribution in [3.8, 4) is 0 Å². The molecule has 4 heteroatoms. The molecule has 0 saturated carbocycles. The van der Waals surface area contributed by atoms with E-state index < -0.39 is 5.60 Å². The highest BCUT2D eigenvalue weighted by Gasteiger charge is 2.41. The number of carbonyl (C=O) groups is 1. The lowest BCUT2D eigenvalue weighted by Crippen LogP contribution is -2.38. The molecule has 1 saturated heterocycles. The molecule has 92 valence electrons. The summed E-state index contributed by atoms with van der Waals surface area (Å²) in [5.41, 5.74) is 8.16. The second-order valence-corrected chi connectivity index (χ2v) is 4.90.